The first-order valence-corrected chi connectivity index (χ1v) is 6.89. The Morgan fingerprint density at radius 2 is 1.86 bits per heavy atom. The van der Waals surface area contributed by atoms with E-state index in [4.69, 9.17) is 9.47 Å². The van der Waals surface area contributed by atoms with E-state index in [1.54, 1.807) is 7.11 Å². The Hall–Kier alpha value is -2.33. The Labute approximate surface area is 123 Å². The highest BCUT2D eigenvalue weighted by atomic mass is 16.6. The lowest BCUT2D eigenvalue weighted by molar-refractivity contribution is -0.122. The van der Waals surface area contributed by atoms with Gasteiger partial charge in [0.1, 0.15) is 5.75 Å². The Kier molecular flexibility index (Phi) is 3.88. The van der Waals surface area contributed by atoms with Crippen molar-refractivity contribution in [1.29, 1.82) is 0 Å². The van der Waals surface area contributed by atoms with Crippen molar-refractivity contribution < 1.29 is 14.3 Å². The molecule has 0 bridgehead atoms. The van der Waals surface area contributed by atoms with Gasteiger partial charge in [-0.25, -0.2) is 0 Å². The van der Waals surface area contributed by atoms with Crippen molar-refractivity contribution in [3.63, 3.8) is 0 Å². The molecule has 1 aliphatic heterocycles. The second-order valence-electron chi connectivity index (χ2n) is 4.92. The second-order valence-corrected chi connectivity index (χ2v) is 4.92. The van der Waals surface area contributed by atoms with Crippen LogP contribution in [-0.4, -0.2) is 25.7 Å². The van der Waals surface area contributed by atoms with Gasteiger partial charge >= 0.3 is 0 Å². The molecule has 1 N–H and O–H groups in total. The maximum atomic E-state index is 12.1. The zero-order chi connectivity index (χ0) is 14.7. The van der Waals surface area contributed by atoms with Crippen molar-refractivity contribution in [2.75, 3.05) is 13.7 Å². The third-order valence-corrected chi connectivity index (χ3v) is 3.50. The minimum Gasteiger partial charge on any atom is -0.496 e. The Bertz CT molecular complexity index is 623. The van der Waals surface area contributed by atoms with Crippen molar-refractivity contribution in [2.45, 2.75) is 12.1 Å². The molecule has 1 fully saturated rings. The fourth-order valence-electron chi connectivity index (χ4n) is 2.33. The number of rotatable bonds is 5. The number of methoxy groups -OCH3 is 1. The number of nitrogens with one attached hydrogen (secondary N) is 1. The largest absolute Gasteiger partial charge is 0.496 e. The Balaban J connectivity index is 1.96. The summed E-state index contributed by atoms with van der Waals surface area (Å²) in [5.74, 6) is 0.665. The molecule has 2 atom stereocenters. The first-order chi connectivity index (χ1) is 10.3. The van der Waals surface area contributed by atoms with E-state index in [0.29, 0.717) is 6.61 Å². The number of hydrogen-bond donors (Lipinski definition) is 1. The molecule has 2 aromatic rings. The Morgan fingerprint density at radius 3 is 2.52 bits per heavy atom. The van der Waals surface area contributed by atoms with Crippen LogP contribution in [0.3, 0.4) is 0 Å². The van der Waals surface area contributed by atoms with Gasteiger partial charge in [0.25, 0.3) is 5.91 Å². The van der Waals surface area contributed by atoms with E-state index < -0.39 is 0 Å². The van der Waals surface area contributed by atoms with Gasteiger partial charge < -0.3 is 14.8 Å². The van der Waals surface area contributed by atoms with Crippen LogP contribution < -0.4 is 10.1 Å². The lowest BCUT2D eigenvalue weighted by Crippen LogP contribution is -2.32. The molecule has 1 saturated heterocycles. The van der Waals surface area contributed by atoms with E-state index in [2.05, 4.69) is 5.32 Å². The first-order valence-electron chi connectivity index (χ1n) is 6.89. The van der Waals surface area contributed by atoms with E-state index in [-0.39, 0.29) is 18.1 Å². The van der Waals surface area contributed by atoms with Gasteiger partial charge in [0.15, 0.2) is 6.10 Å². The number of ether oxygens (including phenoxy) is 2. The average Bonchev–Trinajstić information content (AvgIpc) is 3.38. The molecule has 0 spiro atoms. The van der Waals surface area contributed by atoms with Gasteiger partial charge in [-0.2, -0.15) is 0 Å². The summed E-state index contributed by atoms with van der Waals surface area (Å²) >= 11 is 0. The van der Waals surface area contributed by atoms with Crippen LogP contribution in [0.1, 0.15) is 17.2 Å². The molecule has 0 aliphatic carbocycles. The van der Waals surface area contributed by atoms with Crippen molar-refractivity contribution in [3.05, 3.63) is 65.7 Å². The molecular formula is C17H17NO3. The summed E-state index contributed by atoms with van der Waals surface area (Å²) in [6, 6.07) is 17.3. The molecule has 21 heavy (non-hydrogen) atoms. The molecule has 0 radical (unpaired) electrons. The zero-order valence-corrected chi connectivity index (χ0v) is 11.8. The molecule has 2 aromatic carbocycles. The van der Waals surface area contributed by atoms with Gasteiger partial charge in [-0.15, -0.1) is 0 Å². The van der Waals surface area contributed by atoms with Crippen LogP contribution in [0, 0.1) is 0 Å². The standard InChI is InChI=1S/C17H17NO3/c1-20-14-10-6-5-9-13(14)16(12-7-3-2-4-8-12)18-17(19)15-11-21-15/h2-10,15-16H,11H2,1H3,(H,18,19). The molecule has 4 heteroatoms. The summed E-state index contributed by atoms with van der Waals surface area (Å²) < 4.78 is 10.5. The van der Waals surface area contributed by atoms with E-state index in [1.807, 2.05) is 54.6 Å². The molecule has 4 nitrogen and oxygen atoms in total. The zero-order valence-electron chi connectivity index (χ0n) is 11.8. The third-order valence-electron chi connectivity index (χ3n) is 3.50. The van der Waals surface area contributed by atoms with E-state index in [9.17, 15) is 4.79 Å². The SMILES string of the molecule is COc1ccccc1C(NC(=O)C1CO1)c1ccccc1. The van der Waals surface area contributed by atoms with Crippen molar-refractivity contribution >= 4 is 5.91 Å². The van der Waals surface area contributed by atoms with Crippen LogP contribution >= 0.6 is 0 Å². The Morgan fingerprint density at radius 1 is 1.19 bits per heavy atom. The number of hydrogen-bond acceptors (Lipinski definition) is 3. The van der Waals surface area contributed by atoms with Crippen molar-refractivity contribution in [1.82, 2.24) is 5.32 Å². The minimum atomic E-state index is -0.314. The van der Waals surface area contributed by atoms with Crippen molar-refractivity contribution in [2.24, 2.45) is 0 Å². The van der Waals surface area contributed by atoms with E-state index in [0.717, 1.165) is 16.9 Å². The molecule has 0 aromatic heterocycles. The lowest BCUT2D eigenvalue weighted by Gasteiger charge is -2.21. The summed E-state index contributed by atoms with van der Waals surface area (Å²) in [4.78, 5) is 12.1. The quantitative estimate of drug-likeness (QED) is 0.857. The summed E-state index contributed by atoms with van der Waals surface area (Å²) in [5, 5.41) is 3.04. The predicted octanol–water partition coefficient (Wildman–Crippen LogP) is 2.30. The molecular weight excluding hydrogens is 266 g/mol. The van der Waals surface area contributed by atoms with E-state index >= 15 is 0 Å². The summed E-state index contributed by atoms with van der Waals surface area (Å²) in [6.45, 7) is 0.499. The first kappa shape index (κ1) is 13.6. The normalized spacial score (nSPS) is 17.9. The van der Waals surface area contributed by atoms with Crippen LogP contribution in [0.5, 0.6) is 5.75 Å². The summed E-state index contributed by atoms with van der Waals surface area (Å²) in [7, 11) is 1.63. The van der Waals surface area contributed by atoms with Crippen LogP contribution in [0.25, 0.3) is 0 Å². The maximum Gasteiger partial charge on any atom is 0.252 e. The van der Waals surface area contributed by atoms with Gasteiger partial charge in [-0.3, -0.25) is 4.79 Å². The molecule has 3 rings (SSSR count). The second kappa shape index (κ2) is 5.97. The van der Waals surface area contributed by atoms with Gasteiger partial charge in [0, 0.05) is 5.56 Å². The number of epoxide rings is 1. The fourth-order valence-corrected chi connectivity index (χ4v) is 2.33. The van der Waals surface area contributed by atoms with Gasteiger partial charge in [0.05, 0.1) is 19.8 Å². The highest BCUT2D eigenvalue weighted by Crippen LogP contribution is 2.30. The van der Waals surface area contributed by atoms with Gasteiger partial charge in [-0.05, 0) is 11.6 Å². The number of carbonyl (C=O) groups is 1. The van der Waals surface area contributed by atoms with Gasteiger partial charge in [0.2, 0.25) is 0 Å². The van der Waals surface area contributed by atoms with Crippen LogP contribution in [0.4, 0.5) is 0 Å². The minimum absolute atomic E-state index is 0.0882. The van der Waals surface area contributed by atoms with Crippen LogP contribution in [-0.2, 0) is 9.53 Å². The predicted molar refractivity (Wildman–Crippen MR) is 79.2 cm³/mol. The van der Waals surface area contributed by atoms with Crippen molar-refractivity contribution in [3.8, 4) is 5.75 Å². The molecule has 1 amide bonds. The third kappa shape index (κ3) is 3.06. The smallest absolute Gasteiger partial charge is 0.252 e. The molecule has 0 saturated carbocycles. The summed E-state index contributed by atoms with van der Waals surface area (Å²) in [6.07, 6.45) is -0.314. The maximum absolute atomic E-state index is 12.1. The highest BCUT2D eigenvalue weighted by molar-refractivity contribution is 5.83. The average molecular weight is 283 g/mol. The number of para-hydroxylation sites is 1. The summed E-state index contributed by atoms with van der Waals surface area (Å²) in [5.41, 5.74) is 1.94. The van der Waals surface area contributed by atoms with E-state index in [1.165, 1.54) is 0 Å². The lowest BCUT2D eigenvalue weighted by atomic mass is 9.97. The highest BCUT2D eigenvalue weighted by Gasteiger charge is 2.33. The molecule has 108 valence electrons. The van der Waals surface area contributed by atoms with Crippen LogP contribution in [0.2, 0.25) is 0 Å². The molecule has 1 aliphatic rings. The number of benzene rings is 2. The number of carbonyl (C=O) groups excluding carboxylic acids is 1. The fraction of sp³-hybridized carbons (Fsp3) is 0.235. The number of amides is 1. The topological polar surface area (TPSA) is 50.9 Å². The monoisotopic (exact) mass is 283 g/mol. The molecule has 1 heterocycles. The van der Waals surface area contributed by atoms with Crippen LogP contribution in [0.15, 0.2) is 54.6 Å². The van der Waals surface area contributed by atoms with Gasteiger partial charge in [-0.1, -0.05) is 48.5 Å². The molecule has 2 unspecified atom stereocenters.